The molecule has 17 heavy (non-hydrogen) atoms. The first kappa shape index (κ1) is 10.5. The zero-order valence-electron chi connectivity index (χ0n) is 9.76. The van der Waals surface area contributed by atoms with Crippen molar-refractivity contribution in [2.75, 3.05) is 0 Å². The van der Waals surface area contributed by atoms with Crippen LogP contribution in [0, 0.1) is 0 Å². The van der Waals surface area contributed by atoms with E-state index < -0.39 is 0 Å². The Morgan fingerprint density at radius 2 is 2.00 bits per heavy atom. The molecule has 1 heterocycles. The van der Waals surface area contributed by atoms with Gasteiger partial charge in [-0.15, -0.1) is 0 Å². The molecule has 0 spiro atoms. The summed E-state index contributed by atoms with van der Waals surface area (Å²) in [5.41, 5.74) is 7.21. The normalized spacial score (nSPS) is 18.9. The molecule has 0 bridgehead atoms. The van der Waals surface area contributed by atoms with Crippen LogP contribution in [0.5, 0.6) is 0 Å². The van der Waals surface area contributed by atoms with E-state index in [-0.39, 0.29) is 11.5 Å². The maximum atomic E-state index is 6.10. The molecule has 1 aromatic heterocycles. The summed E-state index contributed by atoms with van der Waals surface area (Å²) >= 11 is 0. The SMILES string of the molecule is CC1(c2noc([C@@H](N)c3ccccc3)n2)CC1. The first-order chi connectivity index (χ1) is 8.19. The van der Waals surface area contributed by atoms with Gasteiger partial charge in [0.1, 0.15) is 6.04 Å². The lowest BCUT2D eigenvalue weighted by Gasteiger charge is -2.05. The van der Waals surface area contributed by atoms with E-state index >= 15 is 0 Å². The standard InChI is InChI=1S/C13H15N3O/c1-13(7-8-13)12-15-11(17-16-12)10(14)9-5-3-2-4-6-9/h2-6,10H,7-8,14H2,1H3/t10-/m0/s1. The molecular formula is C13H15N3O. The van der Waals surface area contributed by atoms with Crippen LogP contribution in [-0.4, -0.2) is 10.1 Å². The molecule has 3 rings (SSSR count). The molecule has 4 nitrogen and oxygen atoms in total. The molecule has 1 fully saturated rings. The van der Waals surface area contributed by atoms with Gasteiger partial charge in [0.05, 0.1) is 0 Å². The highest BCUT2D eigenvalue weighted by Crippen LogP contribution is 2.46. The largest absolute Gasteiger partial charge is 0.337 e. The molecule has 0 amide bonds. The van der Waals surface area contributed by atoms with Gasteiger partial charge in [-0.2, -0.15) is 4.98 Å². The van der Waals surface area contributed by atoms with E-state index in [1.165, 1.54) is 0 Å². The molecule has 2 aromatic rings. The second kappa shape index (κ2) is 3.67. The van der Waals surface area contributed by atoms with E-state index in [9.17, 15) is 0 Å². The maximum Gasteiger partial charge on any atom is 0.248 e. The monoisotopic (exact) mass is 229 g/mol. The summed E-state index contributed by atoms with van der Waals surface area (Å²) in [6, 6.07) is 9.46. The van der Waals surface area contributed by atoms with Crippen LogP contribution in [0.4, 0.5) is 0 Å². The quantitative estimate of drug-likeness (QED) is 0.876. The Morgan fingerprint density at radius 1 is 1.29 bits per heavy atom. The molecule has 0 unspecified atom stereocenters. The third-order valence-corrected chi connectivity index (χ3v) is 3.41. The molecule has 1 saturated carbocycles. The van der Waals surface area contributed by atoms with Crippen molar-refractivity contribution in [3.8, 4) is 0 Å². The first-order valence-corrected chi connectivity index (χ1v) is 5.84. The van der Waals surface area contributed by atoms with Crippen LogP contribution in [0.3, 0.4) is 0 Å². The summed E-state index contributed by atoms with van der Waals surface area (Å²) in [5, 5.41) is 4.03. The van der Waals surface area contributed by atoms with Crippen molar-refractivity contribution < 1.29 is 4.52 Å². The van der Waals surface area contributed by atoms with Gasteiger partial charge < -0.3 is 10.3 Å². The lowest BCUT2D eigenvalue weighted by atomic mass is 10.1. The number of aromatic nitrogens is 2. The Morgan fingerprint density at radius 3 is 2.65 bits per heavy atom. The summed E-state index contributed by atoms with van der Waals surface area (Å²) in [7, 11) is 0. The lowest BCUT2D eigenvalue weighted by molar-refractivity contribution is 0.359. The van der Waals surface area contributed by atoms with E-state index in [2.05, 4.69) is 17.1 Å². The number of rotatable bonds is 3. The average Bonchev–Trinajstić information content (AvgIpc) is 2.94. The van der Waals surface area contributed by atoms with Crippen molar-refractivity contribution in [3.63, 3.8) is 0 Å². The molecule has 0 radical (unpaired) electrons. The second-order valence-corrected chi connectivity index (χ2v) is 4.91. The van der Waals surface area contributed by atoms with Gasteiger partial charge in [0.15, 0.2) is 5.82 Å². The smallest absolute Gasteiger partial charge is 0.248 e. The van der Waals surface area contributed by atoms with E-state index in [1.807, 2.05) is 30.3 Å². The minimum atomic E-state index is -0.334. The van der Waals surface area contributed by atoms with E-state index in [4.69, 9.17) is 10.3 Å². The molecule has 1 aliphatic carbocycles. The van der Waals surface area contributed by atoms with Crippen LogP contribution in [0.15, 0.2) is 34.9 Å². The Labute approximate surface area is 99.8 Å². The van der Waals surface area contributed by atoms with Crippen molar-refractivity contribution >= 4 is 0 Å². The Kier molecular flexibility index (Phi) is 2.26. The lowest BCUT2D eigenvalue weighted by Crippen LogP contribution is -2.12. The van der Waals surface area contributed by atoms with Crippen LogP contribution in [0.25, 0.3) is 0 Å². The summed E-state index contributed by atoms with van der Waals surface area (Å²) in [6.07, 6.45) is 2.26. The third-order valence-electron chi connectivity index (χ3n) is 3.41. The van der Waals surface area contributed by atoms with Crippen molar-refractivity contribution in [3.05, 3.63) is 47.6 Å². The molecule has 1 aliphatic rings. The minimum Gasteiger partial charge on any atom is -0.337 e. The predicted molar refractivity (Wildman–Crippen MR) is 63.4 cm³/mol. The van der Waals surface area contributed by atoms with Crippen LogP contribution in [0.1, 0.15) is 43.1 Å². The van der Waals surface area contributed by atoms with Gasteiger partial charge >= 0.3 is 0 Å². The first-order valence-electron chi connectivity index (χ1n) is 5.84. The van der Waals surface area contributed by atoms with Gasteiger partial charge in [-0.3, -0.25) is 0 Å². The molecular weight excluding hydrogens is 214 g/mol. The van der Waals surface area contributed by atoms with Crippen LogP contribution in [-0.2, 0) is 5.41 Å². The van der Waals surface area contributed by atoms with E-state index in [1.54, 1.807) is 0 Å². The van der Waals surface area contributed by atoms with Gasteiger partial charge in [0.25, 0.3) is 0 Å². The Hall–Kier alpha value is -1.68. The average molecular weight is 229 g/mol. The van der Waals surface area contributed by atoms with Crippen molar-refractivity contribution in [2.45, 2.75) is 31.2 Å². The topological polar surface area (TPSA) is 64.9 Å². The summed E-state index contributed by atoms with van der Waals surface area (Å²) in [5.74, 6) is 1.29. The number of benzene rings is 1. The van der Waals surface area contributed by atoms with Crippen molar-refractivity contribution in [2.24, 2.45) is 5.73 Å². The van der Waals surface area contributed by atoms with Crippen LogP contribution >= 0.6 is 0 Å². The summed E-state index contributed by atoms with van der Waals surface area (Å²) in [6.45, 7) is 2.15. The highest BCUT2D eigenvalue weighted by atomic mass is 16.5. The Bertz CT molecular complexity index is 516. The molecule has 88 valence electrons. The highest BCUT2D eigenvalue weighted by Gasteiger charge is 2.43. The maximum absolute atomic E-state index is 6.10. The number of hydrogen-bond acceptors (Lipinski definition) is 4. The molecule has 0 saturated heterocycles. The van der Waals surface area contributed by atoms with Crippen LogP contribution in [0.2, 0.25) is 0 Å². The van der Waals surface area contributed by atoms with Gasteiger partial charge in [-0.1, -0.05) is 42.4 Å². The third kappa shape index (κ3) is 1.85. The fourth-order valence-electron chi connectivity index (χ4n) is 1.82. The Balaban J connectivity index is 1.87. The fraction of sp³-hybridized carbons (Fsp3) is 0.385. The molecule has 2 N–H and O–H groups in total. The van der Waals surface area contributed by atoms with Gasteiger partial charge in [0.2, 0.25) is 5.89 Å². The zero-order chi connectivity index (χ0) is 11.9. The number of hydrogen-bond donors (Lipinski definition) is 1. The van der Waals surface area contributed by atoms with Gasteiger partial charge in [0, 0.05) is 5.41 Å². The molecule has 1 aromatic carbocycles. The predicted octanol–water partition coefficient (Wildman–Crippen LogP) is 2.17. The zero-order valence-corrected chi connectivity index (χ0v) is 9.76. The fourth-order valence-corrected chi connectivity index (χ4v) is 1.82. The van der Waals surface area contributed by atoms with Crippen LogP contribution < -0.4 is 5.73 Å². The second-order valence-electron chi connectivity index (χ2n) is 4.91. The number of nitrogens with zero attached hydrogens (tertiary/aromatic N) is 2. The minimum absolute atomic E-state index is 0.123. The molecule has 1 atom stereocenters. The summed E-state index contributed by atoms with van der Waals surface area (Å²) < 4.78 is 5.26. The van der Waals surface area contributed by atoms with Crippen molar-refractivity contribution in [1.29, 1.82) is 0 Å². The number of nitrogens with two attached hydrogens (primary N) is 1. The summed E-state index contributed by atoms with van der Waals surface area (Å²) in [4.78, 5) is 4.42. The van der Waals surface area contributed by atoms with Gasteiger partial charge in [-0.05, 0) is 18.4 Å². The van der Waals surface area contributed by atoms with Gasteiger partial charge in [-0.25, -0.2) is 0 Å². The highest BCUT2D eigenvalue weighted by molar-refractivity contribution is 5.24. The van der Waals surface area contributed by atoms with E-state index in [0.29, 0.717) is 5.89 Å². The van der Waals surface area contributed by atoms with Crippen molar-refractivity contribution in [1.82, 2.24) is 10.1 Å². The molecule has 4 heteroatoms. The molecule has 0 aliphatic heterocycles. The van der Waals surface area contributed by atoms with E-state index in [0.717, 1.165) is 24.2 Å².